The lowest BCUT2D eigenvalue weighted by Crippen LogP contribution is -2.44. The van der Waals surface area contributed by atoms with E-state index in [4.69, 9.17) is 10.5 Å². The Balaban J connectivity index is 1.50. The summed E-state index contributed by atoms with van der Waals surface area (Å²) in [4.78, 5) is 19.0. The number of ether oxygens (including phenoxy) is 1. The first-order chi connectivity index (χ1) is 14.0. The van der Waals surface area contributed by atoms with Gasteiger partial charge in [0.05, 0.1) is 4.88 Å². The first-order valence-electron chi connectivity index (χ1n) is 9.39. The molecular weight excluding hydrogens is 499 g/mol. The van der Waals surface area contributed by atoms with Gasteiger partial charge in [0.1, 0.15) is 10.3 Å². The summed E-state index contributed by atoms with van der Waals surface area (Å²) < 4.78 is 6.98. The van der Waals surface area contributed by atoms with E-state index >= 15 is 0 Å². The molecule has 1 aliphatic heterocycles. The molecule has 0 bridgehead atoms. The maximum Gasteiger partial charge on any atom is 0.185 e. The summed E-state index contributed by atoms with van der Waals surface area (Å²) in [6, 6.07) is 3.92. The first-order valence-corrected chi connectivity index (χ1v) is 11.3. The van der Waals surface area contributed by atoms with Gasteiger partial charge >= 0.3 is 0 Å². The van der Waals surface area contributed by atoms with Crippen molar-refractivity contribution in [3.63, 3.8) is 0 Å². The van der Waals surface area contributed by atoms with Crippen LogP contribution in [0.5, 0.6) is 5.75 Å². The molecule has 152 valence electrons. The second-order valence-electron chi connectivity index (χ2n) is 7.08. The van der Waals surface area contributed by atoms with Gasteiger partial charge in [-0.3, -0.25) is 4.98 Å². The van der Waals surface area contributed by atoms with Gasteiger partial charge in [0.15, 0.2) is 16.7 Å². The minimum Gasteiger partial charge on any atom is -0.485 e. The van der Waals surface area contributed by atoms with E-state index in [1.807, 2.05) is 25.3 Å². The molecule has 0 spiro atoms. The Kier molecular flexibility index (Phi) is 6.16. The van der Waals surface area contributed by atoms with Crippen molar-refractivity contribution in [2.75, 3.05) is 43.9 Å². The van der Waals surface area contributed by atoms with Crippen molar-refractivity contribution in [2.45, 2.75) is 13.5 Å². The maximum absolute atomic E-state index is 6.06. The van der Waals surface area contributed by atoms with Crippen LogP contribution >= 0.6 is 33.9 Å². The van der Waals surface area contributed by atoms with E-state index in [-0.39, 0.29) is 0 Å². The molecule has 3 aromatic rings. The normalized spacial score (nSPS) is 14.9. The lowest BCUT2D eigenvalue weighted by atomic mass is 10.2. The SMILES string of the molecule is Cc1c(COc2cc(-c3cnc(N4CCN(C)CC4)s3)cnc2N)ccnc1I. The molecule has 7 nitrogen and oxygen atoms in total. The Morgan fingerprint density at radius 1 is 1.17 bits per heavy atom. The fraction of sp³-hybridized carbons (Fsp3) is 0.350. The van der Waals surface area contributed by atoms with Crippen LogP contribution in [0.25, 0.3) is 10.4 Å². The number of hydrogen-bond donors (Lipinski definition) is 1. The Hall–Kier alpha value is -1.98. The average molecular weight is 522 g/mol. The van der Waals surface area contributed by atoms with Crippen LogP contribution < -0.4 is 15.4 Å². The van der Waals surface area contributed by atoms with Crippen molar-refractivity contribution in [2.24, 2.45) is 0 Å². The van der Waals surface area contributed by atoms with E-state index in [9.17, 15) is 0 Å². The molecule has 0 atom stereocenters. The van der Waals surface area contributed by atoms with Gasteiger partial charge in [0.25, 0.3) is 0 Å². The molecule has 1 aliphatic rings. The molecule has 0 aromatic carbocycles. The van der Waals surface area contributed by atoms with Crippen LogP contribution in [0, 0.1) is 10.6 Å². The van der Waals surface area contributed by atoms with Crippen LogP contribution in [0.2, 0.25) is 0 Å². The van der Waals surface area contributed by atoms with Gasteiger partial charge in [-0.1, -0.05) is 11.3 Å². The van der Waals surface area contributed by atoms with E-state index < -0.39 is 0 Å². The van der Waals surface area contributed by atoms with Crippen LogP contribution in [0.4, 0.5) is 10.9 Å². The number of rotatable bonds is 5. The number of piperazine rings is 1. The van der Waals surface area contributed by atoms with Crippen molar-refractivity contribution in [1.82, 2.24) is 19.9 Å². The number of thiazole rings is 1. The molecule has 0 aliphatic carbocycles. The maximum atomic E-state index is 6.06. The zero-order valence-corrected chi connectivity index (χ0v) is 19.4. The van der Waals surface area contributed by atoms with Gasteiger partial charge in [-0.15, -0.1) is 0 Å². The van der Waals surface area contributed by atoms with Gasteiger partial charge in [-0.05, 0) is 59.8 Å². The van der Waals surface area contributed by atoms with Crippen molar-refractivity contribution in [3.8, 4) is 16.2 Å². The minimum absolute atomic E-state index is 0.388. The van der Waals surface area contributed by atoms with Crippen molar-refractivity contribution in [3.05, 3.63) is 45.6 Å². The molecule has 29 heavy (non-hydrogen) atoms. The second kappa shape index (κ2) is 8.80. The van der Waals surface area contributed by atoms with Gasteiger partial charge < -0.3 is 20.3 Å². The molecule has 0 amide bonds. The van der Waals surface area contributed by atoms with E-state index in [2.05, 4.69) is 54.4 Å². The number of pyridine rings is 2. The van der Waals surface area contributed by atoms with Crippen LogP contribution in [-0.2, 0) is 6.61 Å². The number of nitrogens with two attached hydrogens (primary N) is 1. The standard InChI is InChI=1S/C20H23IN6OS/c1-13-14(3-4-23-18(13)21)12-28-16-9-15(10-24-19(16)22)17-11-25-20(29-17)27-7-5-26(2)6-8-27/h3-4,9-11H,5-8,12H2,1-2H3,(H2,22,24). The molecule has 4 heterocycles. The average Bonchev–Trinajstić information content (AvgIpc) is 3.21. The number of aromatic nitrogens is 3. The Morgan fingerprint density at radius 3 is 2.76 bits per heavy atom. The monoisotopic (exact) mass is 522 g/mol. The summed E-state index contributed by atoms with van der Waals surface area (Å²) >= 11 is 3.91. The van der Waals surface area contributed by atoms with E-state index in [1.165, 1.54) is 0 Å². The molecular formula is C20H23IN6OS. The quantitative estimate of drug-likeness (QED) is 0.406. The highest BCUT2D eigenvalue weighted by Gasteiger charge is 2.18. The molecule has 3 aromatic heterocycles. The summed E-state index contributed by atoms with van der Waals surface area (Å²) in [5, 5.41) is 1.05. The first kappa shape index (κ1) is 20.3. The third-order valence-corrected chi connectivity index (χ3v) is 7.27. The zero-order valence-electron chi connectivity index (χ0n) is 16.4. The van der Waals surface area contributed by atoms with Crippen LogP contribution in [0.1, 0.15) is 11.1 Å². The van der Waals surface area contributed by atoms with E-state index in [0.717, 1.165) is 56.6 Å². The Bertz CT molecular complexity index is 1000. The summed E-state index contributed by atoms with van der Waals surface area (Å²) in [6.45, 7) is 6.59. The molecule has 0 saturated carbocycles. The second-order valence-corrected chi connectivity index (χ2v) is 9.11. The molecule has 0 unspecified atom stereocenters. The Labute approximate surface area is 188 Å². The fourth-order valence-corrected chi connectivity index (χ4v) is 4.56. The van der Waals surface area contributed by atoms with Crippen LogP contribution in [0.3, 0.4) is 0 Å². The zero-order chi connectivity index (χ0) is 20.4. The van der Waals surface area contributed by atoms with Gasteiger partial charge in [0, 0.05) is 50.3 Å². The van der Waals surface area contributed by atoms with Crippen molar-refractivity contribution < 1.29 is 4.74 Å². The molecule has 1 saturated heterocycles. The third-order valence-electron chi connectivity index (χ3n) is 5.07. The fourth-order valence-electron chi connectivity index (χ4n) is 3.11. The number of halogens is 1. The highest BCUT2D eigenvalue weighted by Crippen LogP contribution is 2.34. The summed E-state index contributed by atoms with van der Waals surface area (Å²) in [5.41, 5.74) is 9.23. The largest absolute Gasteiger partial charge is 0.485 e. The predicted octanol–water partition coefficient (Wildman–Crippen LogP) is 3.43. The summed E-state index contributed by atoms with van der Waals surface area (Å²) in [5.74, 6) is 0.974. The van der Waals surface area contributed by atoms with Gasteiger partial charge in [-0.2, -0.15) is 0 Å². The molecule has 0 radical (unpaired) electrons. The number of hydrogen-bond acceptors (Lipinski definition) is 8. The number of likely N-dealkylation sites (N-methyl/N-ethyl adjacent to an activating group) is 1. The molecule has 1 fully saturated rings. The highest BCUT2D eigenvalue weighted by molar-refractivity contribution is 14.1. The minimum atomic E-state index is 0.388. The lowest BCUT2D eigenvalue weighted by molar-refractivity contribution is 0.306. The molecule has 9 heteroatoms. The van der Waals surface area contributed by atoms with E-state index in [1.54, 1.807) is 23.7 Å². The molecule has 4 rings (SSSR count). The lowest BCUT2D eigenvalue weighted by Gasteiger charge is -2.32. The van der Waals surface area contributed by atoms with Crippen LogP contribution in [-0.4, -0.2) is 53.1 Å². The Morgan fingerprint density at radius 2 is 1.97 bits per heavy atom. The van der Waals surface area contributed by atoms with Gasteiger partial charge in [-0.25, -0.2) is 9.97 Å². The number of anilines is 2. The van der Waals surface area contributed by atoms with Crippen molar-refractivity contribution in [1.29, 1.82) is 0 Å². The number of nitrogens with zero attached hydrogens (tertiary/aromatic N) is 5. The van der Waals surface area contributed by atoms with Gasteiger partial charge in [0.2, 0.25) is 0 Å². The third kappa shape index (κ3) is 4.62. The smallest absolute Gasteiger partial charge is 0.185 e. The van der Waals surface area contributed by atoms with E-state index in [0.29, 0.717) is 18.2 Å². The topological polar surface area (TPSA) is 80.4 Å². The summed E-state index contributed by atoms with van der Waals surface area (Å²) in [7, 11) is 2.15. The molecule has 2 N–H and O–H groups in total. The van der Waals surface area contributed by atoms with Crippen molar-refractivity contribution >= 4 is 44.9 Å². The number of nitrogen functional groups attached to an aromatic ring is 1. The van der Waals surface area contributed by atoms with Crippen LogP contribution in [0.15, 0.2) is 30.7 Å². The predicted molar refractivity (Wildman–Crippen MR) is 125 cm³/mol. The summed E-state index contributed by atoms with van der Waals surface area (Å²) in [6.07, 6.45) is 5.48. The highest BCUT2D eigenvalue weighted by atomic mass is 127.